The summed E-state index contributed by atoms with van der Waals surface area (Å²) in [6.45, 7) is 4.86. The second-order valence-electron chi connectivity index (χ2n) is 10.5. The number of guanidine groups is 2. The highest BCUT2D eigenvalue weighted by atomic mass is 16.5. The quantitative estimate of drug-likeness (QED) is 0.0631. The van der Waals surface area contributed by atoms with Crippen molar-refractivity contribution in [3.05, 3.63) is 36.3 Å². The van der Waals surface area contributed by atoms with E-state index in [2.05, 4.69) is 16.6 Å². The predicted octanol–water partition coefficient (Wildman–Crippen LogP) is -3.65. The number of nitrogens with two attached hydrogens (primary N) is 4. The van der Waals surface area contributed by atoms with Gasteiger partial charge in [0.2, 0.25) is 5.76 Å². The van der Waals surface area contributed by atoms with Gasteiger partial charge in [-0.05, 0) is 32.1 Å². The van der Waals surface area contributed by atoms with Gasteiger partial charge in [-0.15, -0.1) is 0 Å². The SMILES string of the molecule is C.C=CC1=C[C@H](N=C(N)N)[C@@H](CC(C)=O)[C@H]([C@H](O)[C@H](O)CO)O1.CC(=O)C[C@H]1[C@H]([C@H](O)[C@H](O)CO)OC(C(=O)O)=C[C@@H]1N=C(N)N. The lowest BCUT2D eigenvalue weighted by Crippen LogP contribution is -2.51. The molecule has 46 heavy (non-hydrogen) atoms. The maximum absolute atomic E-state index is 11.5. The van der Waals surface area contributed by atoms with Gasteiger partial charge in [0.05, 0.1) is 25.3 Å². The Labute approximate surface area is 266 Å². The first kappa shape index (κ1) is 41.9. The minimum Gasteiger partial charge on any atom is -0.487 e. The van der Waals surface area contributed by atoms with Gasteiger partial charge in [-0.1, -0.05) is 14.0 Å². The summed E-state index contributed by atoms with van der Waals surface area (Å²) in [6.07, 6.45) is -4.23. The van der Waals surface area contributed by atoms with Crippen LogP contribution in [0.3, 0.4) is 0 Å². The molecule has 15 N–H and O–H groups in total. The number of allylic oxidation sites excluding steroid dienone is 1. The van der Waals surface area contributed by atoms with Gasteiger partial charge in [0.25, 0.3) is 0 Å². The zero-order chi connectivity index (χ0) is 34.6. The molecule has 2 aliphatic rings. The fourth-order valence-corrected chi connectivity index (χ4v) is 4.80. The van der Waals surface area contributed by atoms with Gasteiger partial charge in [0.15, 0.2) is 11.9 Å². The van der Waals surface area contributed by atoms with Crippen molar-refractivity contribution in [3.8, 4) is 0 Å². The normalized spacial score (nSPS) is 26.2. The summed E-state index contributed by atoms with van der Waals surface area (Å²) in [6, 6.07) is -1.55. The summed E-state index contributed by atoms with van der Waals surface area (Å²) in [4.78, 5) is 42.0. The van der Waals surface area contributed by atoms with Gasteiger partial charge in [0, 0.05) is 24.7 Å². The number of aliphatic imine (C=N–C) groups is 2. The van der Waals surface area contributed by atoms with Crippen LogP contribution in [0.25, 0.3) is 0 Å². The Balaban J connectivity index is 0.000000862. The number of ketones is 2. The van der Waals surface area contributed by atoms with Crippen LogP contribution in [-0.2, 0) is 23.9 Å². The molecule has 262 valence electrons. The molecule has 10 atom stereocenters. The molecular formula is C28H48N6O12. The third kappa shape index (κ3) is 12.4. The number of aliphatic hydroxyl groups is 6. The number of aliphatic carboxylic acids is 1. The molecule has 18 nitrogen and oxygen atoms in total. The lowest BCUT2D eigenvalue weighted by atomic mass is 9.83. The van der Waals surface area contributed by atoms with Gasteiger partial charge < -0.3 is 77.7 Å². The summed E-state index contributed by atoms with van der Waals surface area (Å²) in [5.41, 5.74) is 21.4. The van der Waals surface area contributed by atoms with Crippen LogP contribution in [-0.4, -0.2) is 127 Å². The van der Waals surface area contributed by atoms with E-state index in [1.165, 1.54) is 19.9 Å². The molecule has 0 fully saturated rings. The number of ether oxygens (including phenoxy) is 2. The highest BCUT2D eigenvalue weighted by molar-refractivity contribution is 5.85. The van der Waals surface area contributed by atoms with E-state index in [-0.39, 0.29) is 43.8 Å². The number of carboxylic acid groups (broad SMARTS) is 1. The Bertz CT molecular complexity index is 1170. The Morgan fingerprint density at radius 3 is 1.54 bits per heavy atom. The zero-order valence-electron chi connectivity index (χ0n) is 24.9. The van der Waals surface area contributed by atoms with Crippen molar-refractivity contribution in [2.45, 2.75) is 82.8 Å². The Kier molecular flexibility index (Phi) is 17.7. The molecule has 0 bridgehead atoms. The van der Waals surface area contributed by atoms with Crippen molar-refractivity contribution >= 4 is 29.5 Å². The van der Waals surface area contributed by atoms with Crippen LogP contribution in [0.1, 0.15) is 34.1 Å². The molecule has 0 aromatic rings. The van der Waals surface area contributed by atoms with Crippen LogP contribution in [0.2, 0.25) is 0 Å². The lowest BCUT2D eigenvalue weighted by molar-refractivity contribution is -0.148. The minimum absolute atomic E-state index is 0. The fourth-order valence-electron chi connectivity index (χ4n) is 4.80. The zero-order valence-corrected chi connectivity index (χ0v) is 24.9. The molecule has 0 spiro atoms. The molecule has 0 unspecified atom stereocenters. The number of aliphatic hydroxyl groups excluding tert-OH is 6. The summed E-state index contributed by atoms with van der Waals surface area (Å²) >= 11 is 0. The number of hydrogen-bond acceptors (Lipinski definition) is 13. The first-order valence-electron chi connectivity index (χ1n) is 13.7. The number of nitrogens with zero attached hydrogens (tertiary/aromatic N) is 2. The molecule has 0 saturated heterocycles. The average molecular weight is 661 g/mol. The predicted molar refractivity (Wildman–Crippen MR) is 165 cm³/mol. The summed E-state index contributed by atoms with van der Waals surface area (Å²) < 4.78 is 10.8. The van der Waals surface area contributed by atoms with E-state index in [4.69, 9.17) is 47.7 Å². The maximum atomic E-state index is 11.5. The van der Waals surface area contributed by atoms with E-state index in [1.54, 1.807) is 6.08 Å². The third-order valence-corrected chi connectivity index (χ3v) is 6.80. The van der Waals surface area contributed by atoms with Crippen LogP contribution in [0.4, 0.5) is 0 Å². The van der Waals surface area contributed by atoms with E-state index < -0.39 is 85.5 Å². The van der Waals surface area contributed by atoms with Crippen molar-refractivity contribution < 1.29 is 59.6 Å². The van der Waals surface area contributed by atoms with E-state index in [0.29, 0.717) is 5.76 Å². The average Bonchev–Trinajstić information content (AvgIpc) is 2.96. The highest BCUT2D eigenvalue weighted by Gasteiger charge is 2.44. The largest absolute Gasteiger partial charge is 0.487 e. The molecule has 0 aromatic carbocycles. The fraction of sp³-hybridized carbons (Fsp3) is 0.607. The summed E-state index contributed by atoms with van der Waals surface area (Å²) in [7, 11) is 0. The Morgan fingerprint density at radius 2 is 1.22 bits per heavy atom. The van der Waals surface area contributed by atoms with Crippen molar-refractivity contribution in [1.29, 1.82) is 0 Å². The molecule has 2 aliphatic heterocycles. The van der Waals surface area contributed by atoms with Crippen LogP contribution in [0.5, 0.6) is 0 Å². The van der Waals surface area contributed by atoms with E-state index in [9.17, 15) is 34.8 Å². The molecule has 0 saturated carbocycles. The van der Waals surface area contributed by atoms with E-state index in [1.807, 2.05) is 0 Å². The number of rotatable bonds is 14. The van der Waals surface area contributed by atoms with Crippen LogP contribution in [0, 0.1) is 11.8 Å². The van der Waals surface area contributed by atoms with Crippen molar-refractivity contribution in [2.24, 2.45) is 44.8 Å². The molecule has 0 aliphatic carbocycles. The van der Waals surface area contributed by atoms with Gasteiger partial charge in [-0.2, -0.15) is 0 Å². The second-order valence-corrected chi connectivity index (χ2v) is 10.5. The highest BCUT2D eigenvalue weighted by Crippen LogP contribution is 2.33. The smallest absolute Gasteiger partial charge is 0.370 e. The number of carboxylic acids is 1. The van der Waals surface area contributed by atoms with Crippen molar-refractivity contribution in [1.82, 2.24) is 0 Å². The minimum atomic E-state index is -1.64. The Hall–Kier alpha value is -4.07. The third-order valence-electron chi connectivity index (χ3n) is 6.80. The van der Waals surface area contributed by atoms with Crippen molar-refractivity contribution in [3.63, 3.8) is 0 Å². The first-order valence-corrected chi connectivity index (χ1v) is 13.7. The summed E-state index contributed by atoms with van der Waals surface area (Å²) in [5, 5.41) is 66.6. The van der Waals surface area contributed by atoms with Gasteiger partial charge >= 0.3 is 5.97 Å². The monoisotopic (exact) mass is 660 g/mol. The molecule has 18 heteroatoms. The molecule has 0 radical (unpaired) electrons. The molecule has 2 rings (SSSR count). The van der Waals surface area contributed by atoms with Crippen LogP contribution < -0.4 is 22.9 Å². The summed E-state index contributed by atoms with van der Waals surface area (Å²) in [5.74, 6) is -3.92. The van der Waals surface area contributed by atoms with Crippen LogP contribution in [0.15, 0.2) is 46.3 Å². The number of carbonyl (C=O) groups excluding carboxylic acids is 2. The molecular weight excluding hydrogens is 612 g/mol. The standard InChI is InChI=1S/C14H23N3O5.C13H21N3O7.CH4/c1-3-8-5-10(17-14(15)16)9(4-7(2)19)13(22-8)12(21)11(20)6-18;1-5(18)2-6-7(16-13(14)15)3-9(12(21)22)23-11(6)10(20)8(19)4-17;/h3,5,9-13,18,20-21H,1,4,6H2,2H3,(H4,15,16,17);3,6-8,10-11,17,19-20H,2,4H2,1H3,(H,21,22)(H4,14,15,16);1H4/t9-,10+,11-,12-,13-;6-,7+,8-,10-,11-;/m11./s1. The van der Waals surface area contributed by atoms with Gasteiger partial charge in [-0.3, -0.25) is 0 Å². The van der Waals surface area contributed by atoms with Gasteiger partial charge in [0.1, 0.15) is 53.9 Å². The second kappa shape index (κ2) is 19.4. The Morgan fingerprint density at radius 1 is 0.826 bits per heavy atom. The van der Waals surface area contributed by atoms with E-state index >= 15 is 0 Å². The van der Waals surface area contributed by atoms with Crippen LogP contribution >= 0.6 is 0 Å². The molecule has 2 heterocycles. The lowest BCUT2D eigenvalue weighted by Gasteiger charge is -2.38. The number of carbonyl (C=O) groups is 3. The van der Waals surface area contributed by atoms with Gasteiger partial charge in [-0.25, -0.2) is 14.8 Å². The molecule has 0 aromatic heterocycles. The van der Waals surface area contributed by atoms with E-state index in [0.717, 1.165) is 6.08 Å². The topological polar surface area (TPSA) is 340 Å². The molecule has 0 amide bonds. The first-order chi connectivity index (χ1) is 21.0. The van der Waals surface area contributed by atoms with Crippen molar-refractivity contribution in [2.75, 3.05) is 13.2 Å². The number of Topliss-reactive ketones (excluding diaryl/α,β-unsaturated/α-hetero) is 2. The number of hydrogen-bond donors (Lipinski definition) is 11. The maximum Gasteiger partial charge on any atom is 0.370 e.